The van der Waals surface area contributed by atoms with Crippen molar-refractivity contribution in [2.45, 2.75) is 163 Å². The van der Waals surface area contributed by atoms with Gasteiger partial charge in [-0.25, -0.2) is 0 Å². The van der Waals surface area contributed by atoms with Crippen molar-refractivity contribution in [3.8, 4) is 0 Å². The van der Waals surface area contributed by atoms with Gasteiger partial charge in [-0.05, 0) is 123 Å². The Labute approximate surface area is 244 Å². The molecule has 5 nitrogen and oxygen atoms in total. The molecule has 1 heterocycles. The van der Waals surface area contributed by atoms with Gasteiger partial charge in [-0.1, -0.05) is 54.9 Å². The van der Waals surface area contributed by atoms with Crippen LogP contribution in [-0.2, 0) is 14.3 Å². The molecule has 1 spiro atoms. The Morgan fingerprint density at radius 3 is 2.38 bits per heavy atom. The molecule has 0 amide bonds. The normalized spacial score (nSPS) is 47.4. The highest BCUT2D eigenvalue weighted by Crippen LogP contribution is 2.76. The fraction of sp³-hybridized carbons (Fsp3) is 0.971. The fourth-order valence-corrected chi connectivity index (χ4v) is 11.4. The van der Waals surface area contributed by atoms with E-state index in [1.165, 1.54) is 38.5 Å². The van der Waals surface area contributed by atoms with Crippen LogP contribution in [0.15, 0.2) is 0 Å². The molecule has 40 heavy (non-hydrogen) atoms. The summed E-state index contributed by atoms with van der Waals surface area (Å²) in [6.07, 6.45) is 10.9. The average molecular weight is 561 g/mol. The molecule has 2 bridgehead atoms. The van der Waals surface area contributed by atoms with Gasteiger partial charge >= 0.3 is 5.97 Å². The van der Waals surface area contributed by atoms with E-state index in [1.54, 1.807) is 13.8 Å². The summed E-state index contributed by atoms with van der Waals surface area (Å²) in [5, 5.41) is 22.2. The minimum Gasteiger partial charge on any atom is -0.457 e. The Morgan fingerprint density at radius 1 is 1.02 bits per heavy atom. The maximum absolute atomic E-state index is 12.7. The molecule has 11 unspecified atom stereocenters. The van der Waals surface area contributed by atoms with Crippen LogP contribution in [0.2, 0.25) is 0 Å². The summed E-state index contributed by atoms with van der Waals surface area (Å²) in [4.78, 5) is 12.7. The highest BCUT2D eigenvalue weighted by Gasteiger charge is 2.70. The molecule has 4 aliphatic carbocycles. The molecule has 0 aromatic heterocycles. The largest absolute Gasteiger partial charge is 0.457 e. The third-order valence-corrected chi connectivity index (χ3v) is 13.7. The summed E-state index contributed by atoms with van der Waals surface area (Å²) >= 11 is 0. The molecule has 4 saturated carbocycles. The lowest BCUT2D eigenvalue weighted by Crippen LogP contribution is -2.59. The lowest BCUT2D eigenvalue weighted by atomic mass is 9.39. The van der Waals surface area contributed by atoms with Crippen LogP contribution in [0.4, 0.5) is 0 Å². The van der Waals surface area contributed by atoms with Crippen LogP contribution in [0.1, 0.15) is 133 Å². The van der Waals surface area contributed by atoms with Gasteiger partial charge < -0.3 is 19.7 Å². The van der Waals surface area contributed by atoms with Crippen molar-refractivity contribution in [1.29, 1.82) is 0 Å². The Hall–Kier alpha value is -0.650. The first-order valence-electron chi connectivity index (χ1n) is 16.7. The van der Waals surface area contributed by atoms with Crippen LogP contribution >= 0.6 is 0 Å². The van der Waals surface area contributed by atoms with Crippen LogP contribution in [0.5, 0.6) is 0 Å². The van der Waals surface area contributed by atoms with E-state index in [4.69, 9.17) is 9.47 Å². The van der Waals surface area contributed by atoms with Gasteiger partial charge in [-0.15, -0.1) is 0 Å². The van der Waals surface area contributed by atoms with Gasteiger partial charge in [0.1, 0.15) is 0 Å². The van der Waals surface area contributed by atoms with Crippen LogP contribution in [0.3, 0.4) is 0 Å². The number of rotatable bonds is 5. The van der Waals surface area contributed by atoms with Gasteiger partial charge in [-0.2, -0.15) is 0 Å². The fourth-order valence-electron chi connectivity index (χ4n) is 11.4. The van der Waals surface area contributed by atoms with Crippen molar-refractivity contribution in [2.75, 3.05) is 0 Å². The molecule has 5 aliphatic rings. The first kappa shape index (κ1) is 30.8. The maximum atomic E-state index is 12.7. The predicted octanol–water partition coefficient (Wildman–Crippen LogP) is 7.31. The zero-order chi connectivity index (χ0) is 29.5. The summed E-state index contributed by atoms with van der Waals surface area (Å²) in [5.74, 6) is 2.20. The number of esters is 1. The zero-order valence-corrected chi connectivity index (χ0v) is 27.1. The Morgan fingerprint density at radius 2 is 1.73 bits per heavy atom. The Bertz CT molecular complexity index is 952. The number of carbonyl (C=O) groups excluding carboxylic acids is 1. The number of fused-ring (bicyclic) bond motifs is 5. The summed E-state index contributed by atoms with van der Waals surface area (Å²) in [7, 11) is 0. The van der Waals surface area contributed by atoms with Crippen LogP contribution in [0, 0.1) is 51.2 Å². The lowest BCUT2D eigenvalue weighted by molar-refractivity contribution is -0.212. The van der Waals surface area contributed by atoms with Crippen molar-refractivity contribution >= 4 is 5.97 Å². The molecule has 0 aromatic rings. The second kappa shape index (κ2) is 10.2. The molecule has 5 fully saturated rings. The second-order valence-electron chi connectivity index (χ2n) is 17.3. The summed E-state index contributed by atoms with van der Waals surface area (Å²) in [6, 6.07) is 0. The smallest absolute Gasteiger partial charge is 0.306 e. The van der Waals surface area contributed by atoms with E-state index >= 15 is 0 Å². The van der Waals surface area contributed by atoms with Crippen molar-refractivity contribution in [3.05, 3.63) is 0 Å². The van der Waals surface area contributed by atoms with Gasteiger partial charge in [-0.3, -0.25) is 4.79 Å². The molecule has 5 heteroatoms. The third kappa shape index (κ3) is 4.80. The molecular weight excluding hydrogens is 500 g/mol. The third-order valence-electron chi connectivity index (χ3n) is 13.7. The number of aliphatic hydroxyl groups is 2. The van der Waals surface area contributed by atoms with Crippen molar-refractivity contribution in [2.24, 2.45) is 51.2 Å². The van der Waals surface area contributed by atoms with Crippen LogP contribution < -0.4 is 0 Å². The van der Waals surface area contributed by atoms with Crippen molar-refractivity contribution in [1.82, 2.24) is 0 Å². The second-order valence-corrected chi connectivity index (χ2v) is 17.3. The van der Waals surface area contributed by atoms with E-state index < -0.39 is 11.7 Å². The van der Waals surface area contributed by atoms with Crippen LogP contribution in [-0.4, -0.2) is 46.2 Å². The lowest BCUT2D eigenvalue weighted by Gasteiger charge is -2.66. The standard InChI is InChI=1S/C35H60O5/c1-21(2)17-28(37)40-30(32(6,7)38)24-18-22(3)29-25(39-24)20-34(9)26-13-12-23-19-35(26,16-15-33(29,34)8)14-10-11-27(36)31(23,4)5/h21-27,29-30,36,38H,10-20H2,1-9H3. The molecule has 230 valence electrons. The minimum atomic E-state index is -1.16. The van der Waals surface area contributed by atoms with Gasteiger partial charge in [0.05, 0.1) is 23.9 Å². The molecule has 1 aliphatic heterocycles. The predicted molar refractivity (Wildman–Crippen MR) is 159 cm³/mol. The molecular formula is C35H60O5. The molecule has 0 aromatic carbocycles. The quantitative estimate of drug-likeness (QED) is 0.345. The molecule has 5 rings (SSSR count). The van der Waals surface area contributed by atoms with Crippen molar-refractivity contribution < 1.29 is 24.5 Å². The van der Waals surface area contributed by atoms with Gasteiger partial charge in [0.25, 0.3) is 0 Å². The van der Waals surface area contributed by atoms with Gasteiger partial charge in [0.2, 0.25) is 0 Å². The van der Waals surface area contributed by atoms with Crippen LogP contribution in [0.25, 0.3) is 0 Å². The summed E-state index contributed by atoms with van der Waals surface area (Å²) in [5.41, 5.74) is -0.363. The highest BCUT2D eigenvalue weighted by molar-refractivity contribution is 5.70. The first-order chi connectivity index (χ1) is 18.4. The Kier molecular flexibility index (Phi) is 7.87. The maximum Gasteiger partial charge on any atom is 0.306 e. The van der Waals surface area contributed by atoms with E-state index in [2.05, 4.69) is 34.6 Å². The highest BCUT2D eigenvalue weighted by atomic mass is 16.6. The number of hydrogen-bond donors (Lipinski definition) is 2. The molecule has 0 radical (unpaired) electrons. The number of aliphatic hydroxyl groups excluding tert-OH is 1. The van der Waals surface area contributed by atoms with E-state index in [0.717, 1.165) is 25.7 Å². The topological polar surface area (TPSA) is 76.0 Å². The summed E-state index contributed by atoms with van der Waals surface area (Å²) < 4.78 is 13.0. The average Bonchev–Trinajstić information content (AvgIpc) is 3.07. The molecule has 11 atom stereocenters. The van der Waals surface area contributed by atoms with E-state index in [0.29, 0.717) is 35.5 Å². The van der Waals surface area contributed by atoms with Gasteiger partial charge in [0.15, 0.2) is 6.10 Å². The SMILES string of the molecule is CC(C)CC(=O)OC(C1CC(C)C2C(CC3(C)C4CCC5CC4(CCCC(O)C5(C)C)CCC23C)O1)C(C)(C)O. The first-order valence-corrected chi connectivity index (χ1v) is 16.7. The van der Waals surface area contributed by atoms with E-state index in [1.807, 2.05) is 13.8 Å². The number of carbonyl (C=O) groups is 1. The molecule has 1 saturated heterocycles. The number of hydrogen-bond acceptors (Lipinski definition) is 5. The van der Waals surface area contributed by atoms with E-state index in [-0.39, 0.29) is 46.4 Å². The van der Waals surface area contributed by atoms with Crippen molar-refractivity contribution in [3.63, 3.8) is 0 Å². The number of ether oxygens (including phenoxy) is 2. The van der Waals surface area contributed by atoms with Gasteiger partial charge in [0, 0.05) is 6.42 Å². The van der Waals surface area contributed by atoms with E-state index in [9.17, 15) is 15.0 Å². The monoisotopic (exact) mass is 560 g/mol. The Balaban J connectivity index is 1.42. The summed E-state index contributed by atoms with van der Waals surface area (Å²) in [6.45, 7) is 19.8. The molecule has 2 N–H and O–H groups in total. The minimum absolute atomic E-state index is 0.00628. The zero-order valence-electron chi connectivity index (χ0n) is 27.1.